The lowest BCUT2D eigenvalue weighted by Gasteiger charge is -2.15. The molecule has 2 nitrogen and oxygen atoms in total. The summed E-state index contributed by atoms with van der Waals surface area (Å²) in [5.41, 5.74) is 7.17. The van der Waals surface area contributed by atoms with E-state index in [-0.39, 0.29) is 18.4 Å². The van der Waals surface area contributed by atoms with Crippen molar-refractivity contribution in [2.75, 3.05) is 7.11 Å². The molecule has 0 aliphatic heterocycles. The molecular weight excluding hydrogens is 245 g/mol. The fourth-order valence-corrected chi connectivity index (χ4v) is 2.02. The molecule has 0 saturated heterocycles. The fraction of sp³-hybridized carbons (Fsp3) is 0.500. The third kappa shape index (κ3) is 3.27. The highest BCUT2D eigenvalue weighted by Gasteiger charge is 2.25. The lowest BCUT2D eigenvalue weighted by atomic mass is 10.0. The van der Waals surface area contributed by atoms with Crippen molar-refractivity contribution in [3.05, 3.63) is 28.8 Å². The molecule has 1 atom stereocenters. The predicted octanol–water partition coefficient (Wildman–Crippen LogP) is 3.57. The summed E-state index contributed by atoms with van der Waals surface area (Å²) in [4.78, 5) is 0. The van der Waals surface area contributed by atoms with Gasteiger partial charge in [-0.15, -0.1) is 12.4 Å². The van der Waals surface area contributed by atoms with Crippen LogP contribution in [0.3, 0.4) is 0 Å². The zero-order chi connectivity index (χ0) is 10.8. The van der Waals surface area contributed by atoms with Crippen molar-refractivity contribution in [1.82, 2.24) is 0 Å². The molecule has 0 unspecified atom stereocenters. The Balaban J connectivity index is 0.00000128. The number of ether oxygens (including phenoxy) is 1. The molecule has 0 bridgehead atoms. The van der Waals surface area contributed by atoms with Gasteiger partial charge in [0.2, 0.25) is 0 Å². The Labute approximate surface area is 108 Å². The first-order valence-electron chi connectivity index (χ1n) is 5.29. The minimum Gasteiger partial charge on any atom is -0.496 e. The lowest BCUT2D eigenvalue weighted by molar-refractivity contribution is 0.403. The summed E-state index contributed by atoms with van der Waals surface area (Å²) < 4.78 is 5.28. The molecule has 1 fully saturated rings. The van der Waals surface area contributed by atoms with Crippen LogP contribution in [0.2, 0.25) is 5.02 Å². The van der Waals surface area contributed by atoms with Gasteiger partial charge >= 0.3 is 0 Å². The monoisotopic (exact) mass is 261 g/mol. The van der Waals surface area contributed by atoms with Gasteiger partial charge in [-0.05, 0) is 30.5 Å². The van der Waals surface area contributed by atoms with E-state index in [1.807, 2.05) is 18.2 Å². The number of rotatable bonds is 4. The van der Waals surface area contributed by atoms with Gasteiger partial charge in [0, 0.05) is 16.6 Å². The van der Waals surface area contributed by atoms with E-state index in [0.29, 0.717) is 0 Å². The van der Waals surface area contributed by atoms with E-state index in [2.05, 4.69) is 0 Å². The highest BCUT2D eigenvalue weighted by molar-refractivity contribution is 6.30. The van der Waals surface area contributed by atoms with Gasteiger partial charge in [0.25, 0.3) is 0 Å². The fourth-order valence-electron chi connectivity index (χ4n) is 1.83. The molecule has 2 N–H and O–H groups in total. The second kappa shape index (κ2) is 5.76. The molecule has 1 aromatic carbocycles. The molecule has 1 saturated carbocycles. The molecule has 16 heavy (non-hydrogen) atoms. The van der Waals surface area contributed by atoms with E-state index < -0.39 is 0 Å². The average molecular weight is 262 g/mol. The summed E-state index contributed by atoms with van der Waals surface area (Å²) in [6.45, 7) is 0. The van der Waals surface area contributed by atoms with Crippen molar-refractivity contribution in [2.24, 2.45) is 11.7 Å². The van der Waals surface area contributed by atoms with Crippen molar-refractivity contribution in [2.45, 2.75) is 25.3 Å². The largest absolute Gasteiger partial charge is 0.496 e. The van der Waals surface area contributed by atoms with Gasteiger partial charge in [0.05, 0.1) is 7.11 Å². The van der Waals surface area contributed by atoms with Gasteiger partial charge in [-0.2, -0.15) is 0 Å². The molecule has 2 rings (SSSR count). The van der Waals surface area contributed by atoms with Crippen LogP contribution in [0.25, 0.3) is 0 Å². The van der Waals surface area contributed by atoms with Crippen LogP contribution in [0.15, 0.2) is 18.2 Å². The van der Waals surface area contributed by atoms with E-state index in [9.17, 15) is 0 Å². The minimum absolute atomic E-state index is 0. The second-order valence-electron chi connectivity index (χ2n) is 4.17. The number of hydrogen-bond donors (Lipinski definition) is 1. The van der Waals surface area contributed by atoms with Crippen molar-refractivity contribution in [1.29, 1.82) is 0 Å². The van der Waals surface area contributed by atoms with Crippen LogP contribution < -0.4 is 10.5 Å². The van der Waals surface area contributed by atoms with Gasteiger partial charge in [0.1, 0.15) is 5.75 Å². The molecule has 0 heterocycles. The average Bonchev–Trinajstić information content (AvgIpc) is 3.01. The highest BCUT2D eigenvalue weighted by Crippen LogP contribution is 2.39. The van der Waals surface area contributed by atoms with Crippen LogP contribution in [0.1, 0.15) is 30.9 Å². The standard InChI is InChI=1S/C12H16ClNO.ClH/c1-15-12-5-4-9(13)7-10(12)11(14)6-8-2-3-8;/h4-5,7-8,11H,2-3,6,14H2,1H3;1H/t11-;/m1./s1. The van der Waals surface area contributed by atoms with E-state index in [1.54, 1.807) is 7.11 Å². The van der Waals surface area contributed by atoms with Crippen molar-refractivity contribution in [3.63, 3.8) is 0 Å². The maximum atomic E-state index is 6.14. The van der Waals surface area contributed by atoms with E-state index in [1.165, 1.54) is 12.8 Å². The minimum atomic E-state index is 0. The zero-order valence-corrected chi connectivity index (χ0v) is 10.9. The normalized spacial score (nSPS) is 16.4. The molecule has 4 heteroatoms. The number of hydrogen-bond acceptors (Lipinski definition) is 2. The summed E-state index contributed by atoms with van der Waals surface area (Å²) in [5, 5.41) is 0.719. The molecule has 0 spiro atoms. The maximum Gasteiger partial charge on any atom is 0.123 e. The molecular formula is C12H17Cl2NO. The molecule has 0 radical (unpaired) electrons. The lowest BCUT2D eigenvalue weighted by Crippen LogP contribution is -2.12. The van der Waals surface area contributed by atoms with E-state index in [0.717, 1.165) is 28.7 Å². The third-order valence-corrected chi connectivity index (χ3v) is 3.11. The van der Waals surface area contributed by atoms with Gasteiger partial charge in [0.15, 0.2) is 0 Å². The molecule has 0 aromatic heterocycles. The quantitative estimate of drug-likeness (QED) is 0.900. The first kappa shape index (κ1) is 13.6. The van der Waals surface area contributed by atoms with Crippen LogP contribution in [0, 0.1) is 5.92 Å². The number of benzene rings is 1. The van der Waals surface area contributed by atoms with Gasteiger partial charge in [-0.25, -0.2) is 0 Å². The van der Waals surface area contributed by atoms with Crippen LogP contribution in [0.4, 0.5) is 0 Å². The van der Waals surface area contributed by atoms with E-state index in [4.69, 9.17) is 22.1 Å². The summed E-state index contributed by atoms with van der Waals surface area (Å²) in [5.74, 6) is 1.65. The van der Waals surface area contributed by atoms with Crippen LogP contribution in [0.5, 0.6) is 5.75 Å². The Bertz CT molecular complexity index is 353. The molecule has 1 aliphatic rings. The summed E-state index contributed by atoms with van der Waals surface area (Å²) >= 11 is 5.96. The van der Waals surface area contributed by atoms with Crippen molar-refractivity contribution >= 4 is 24.0 Å². The van der Waals surface area contributed by atoms with Crippen LogP contribution in [-0.4, -0.2) is 7.11 Å². The molecule has 0 amide bonds. The molecule has 90 valence electrons. The maximum absolute atomic E-state index is 6.14. The summed E-state index contributed by atoms with van der Waals surface area (Å²) in [6.07, 6.45) is 3.67. The smallest absolute Gasteiger partial charge is 0.123 e. The third-order valence-electron chi connectivity index (χ3n) is 2.88. The van der Waals surface area contributed by atoms with Crippen molar-refractivity contribution < 1.29 is 4.74 Å². The van der Waals surface area contributed by atoms with Crippen LogP contribution in [-0.2, 0) is 0 Å². The Kier molecular flexibility index (Phi) is 4.90. The number of nitrogens with two attached hydrogens (primary N) is 1. The highest BCUT2D eigenvalue weighted by atomic mass is 35.5. The first-order valence-corrected chi connectivity index (χ1v) is 5.67. The number of methoxy groups -OCH3 is 1. The number of halogens is 2. The predicted molar refractivity (Wildman–Crippen MR) is 69.5 cm³/mol. The van der Waals surface area contributed by atoms with E-state index >= 15 is 0 Å². The summed E-state index contributed by atoms with van der Waals surface area (Å²) in [7, 11) is 1.66. The Morgan fingerprint density at radius 1 is 1.50 bits per heavy atom. The Morgan fingerprint density at radius 2 is 2.19 bits per heavy atom. The van der Waals surface area contributed by atoms with Gasteiger partial charge in [-0.1, -0.05) is 24.4 Å². The zero-order valence-electron chi connectivity index (χ0n) is 9.28. The second-order valence-corrected chi connectivity index (χ2v) is 4.61. The Hall–Kier alpha value is -0.440. The SMILES string of the molecule is COc1ccc(Cl)cc1[C@H](N)CC1CC1.Cl. The van der Waals surface area contributed by atoms with Gasteiger partial charge < -0.3 is 10.5 Å². The topological polar surface area (TPSA) is 35.2 Å². The molecule has 1 aromatic rings. The first-order chi connectivity index (χ1) is 7.20. The van der Waals surface area contributed by atoms with Gasteiger partial charge in [-0.3, -0.25) is 0 Å². The Morgan fingerprint density at radius 3 is 2.75 bits per heavy atom. The summed E-state index contributed by atoms with van der Waals surface area (Å²) in [6, 6.07) is 5.66. The molecule has 1 aliphatic carbocycles. The van der Waals surface area contributed by atoms with Crippen molar-refractivity contribution in [3.8, 4) is 5.75 Å². The van der Waals surface area contributed by atoms with Crippen LogP contribution >= 0.6 is 24.0 Å².